The molecule has 0 unspecified atom stereocenters. The summed E-state index contributed by atoms with van der Waals surface area (Å²) in [7, 11) is 0. The van der Waals surface area contributed by atoms with E-state index in [1.807, 2.05) is 18.3 Å². The zero-order chi connectivity index (χ0) is 23.6. The van der Waals surface area contributed by atoms with Crippen molar-refractivity contribution in [1.82, 2.24) is 9.88 Å². The average molecular weight is 480 g/mol. The highest BCUT2D eigenvalue weighted by Gasteiger charge is 2.23. The van der Waals surface area contributed by atoms with Gasteiger partial charge in [0.05, 0.1) is 5.52 Å². The first-order valence-electron chi connectivity index (χ1n) is 12.7. The van der Waals surface area contributed by atoms with E-state index < -0.39 is 0 Å². The molecule has 0 amide bonds. The molecule has 1 aromatic heterocycles. The van der Waals surface area contributed by atoms with Crippen LogP contribution in [-0.2, 0) is 12.8 Å². The highest BCUT2D eigenvalue weighted by atomic mass is 35.5. The third-order valence-corrected chi connectivity index (χ3v) is 7.73. The average Bonchev–Trinajstić information content (AvgIpc) is 3.06. The number of benzene rings is 3. The van der Waals surface area contributed by atoms with Crippen molar-refractivity contribution in [2.75, 3.05) is 31.5 Å². The molecule has 176 valence electrons. The number of piperidine rings is 1. The van der Waals surface area contributed by atoms with Crippen molar-refractivity contribution in [2.45, 2.75) is 25.7 Å². The van der Waals surface area contributed by atoms with Crippen molar-refractivity contribution in [2.24, 2.45) is 0 Å². The minimum atomic E-state index is 0.722. The Bertz CT molecular complexity index is 1350. The number of halogens is 1. The molecule has 4 aromatic rings. The summed E-state index contributed by atoms with van der Waals surface area (Å²) in [6.45, 7) is 4.17. The van der Waals surface area contributed by atoms with Crippen LogP contribution in [0.25, 0.3) is 16.5 Å². The monoisotopic (exact) mass is 479 g/mol. The molecule has 1 aliphatic heterocycles. The fourth-order valence-corrected chi connectivity index (χ4v) is 5.85. The first-order chi connectivity index (χ1) is 17.3. The quantitative estimate of drug-likeness (QED) is 0.341. The maximum absolute atomic E-state index is 6.14. The van der Waals surface area contributed by atoms with Crippen molar-refractivity contribution in [3.8, 4) is 0 Å². The minimum absolute atomic E-state index is 0.722. The summed E-state index contributed by atoms with van der Waals surface area (Å²) in [5.41, 5.74) is 11.1. The largest absolute Gasteiger partial charge is 0.383 e. The van der Waals surface area contributed by atoms with E-state index in [-0.39, 0.29) is 0 Å². The molecule has 0 saturated carbocycles. The van der Waals surface area contributed by atoms with Gasteiger partial charge in [-0.05, 0) is 77.8 Å². The van der Waals surface area contributed by atoms with Gasteiger partial charge < -0.3 is 10.2 Å². The highest BCUT2D eigenvalue weighted by Crippen LogP contribution is 2.38. The third kappa shape index (κ3) is 4.59. The fourth-order valence-electron chi connectivity index (χ4n) is 5.68. The van der Waals surface area contributed by atoms with Gasteiger partial charge in [-0.15, -0.1) is 0 Å². The number of anilines is 1. The normalized spacial score (nSPS) is 16.0. The molecule has 1 fully saturated rings. The summed E-state index contributed by atoms with van der Waals surface area (Å²) in [6.07, 6.45) is 6.36. The second kappa shape index (κ2) is 9.85. The van der Waals surface area contributed by atoms with Crippen molar-refractivity contribution in [3.05, 3.63) is 112 Å². The summed E-state index contributed by atoms with van der Waals surface area (Å²) >= 11 is 6.14. The van der Waals surface area contributed by atoms with E-state index in [0.29, 0.717) is 0 Å². The van der Waals surface area contributed by atoms with Crippen LogP contribution in [0.15, 0.2) is 84.6 Å². The van der Waals surface area contributed by atoms with Gasteiger partial charge in [0.1, 0.15) is 0 Å². The second-order valence-electron chi connectivity index (χ2n) is 9.58. The Morgan fingerprint density at radius 1 is 0.800 bits per heavy atom. The van der Waals surface area contributed by atoms with Crippen molar-refractivity contribution < 1.29 is 0 Å². The Morgan fingerprint density at radius 2 is 1.49 bits per heavy atom. The topological polar surface area (TPSA) is 28.2 Å². The summed E-state index contributed by atoms with van der Waals surface area (Å²) in [4.78, 5) is 7.04. The molecule has 1 aliphatic carbocycles. The molecule has 0 radical (unpaired) electrons. The van der Waals surface area contributed by atoms with Gasteiger partial charge in [0.15, 0.2) is 0 Å². The number of pyridine rings is 1. The van der Waals surface area contributed by atoms with Crippen LogP contribution in [0.4, 0.5) is 5.69 Å². The molecular weight excluding hydrogens is 450 g/mol. The molecule has 3 nitrogen and oxygen atoms in total. The van der Waals surface area contributed by atoms with E-state index in [4.69, 9.17) is 11.6 Å². The molecule has 4 heteroatoms. The minimum Gasteiger partial charge on any atom is -0.383 e. The molecular formula is C31H30ClN3. The van der Waals surface area contributed by atoms with E-state index in [1.54, 1.807) is 5.57 Å². The molecule has 1 N–H and O–H groups in total. The van der Waals surface area contributed by atoms with E-state index in [9.17, 15) is 0 Å². The van der Waals surface area contributed by atoms with E-state index in [0.717, 1.165) is 73.5 Å². The van der Waals surface area contributed by atoms with Crippen LogP contribution in [0, 0.1) is 0 Å². The standard InChI is InChI=1S/C31H30ClN3/c32-25-11-12-28-29(13-16-33-30(28)21-25)34-17-20-35-18-14-24(15-19-35)31-26-7-3-1-5-22(26)9-10-23-6-2-4-8-27(23)31/h1-8,11-13,16,21H,9-10,14-15,17-20H2,(H,33,34). The van der Waals surface area contributed by atoms with Crippen LogP contribution in [0.3, 0.4) is 0 Å². The summed E-state index contributed by atoms with van der Waals surface area (Å²) in [5, 5.41) is 5.47. The number of rotatable bonds is 4. The molecule has 1 saturated heterocycles. The SMILES string of the molecule is Clc1ccc2c(NCCN3CCC(=C4c5ccccc5CCc5ccccc54)CC3)ccnc2c1. The summed E-state index contributed by atoms with van der Waals surface area (Å²) in [6, 6.07) is 26.0. The van der Waals surface area contributed by atoms with Crippen LogP contribution in [0.5, 0.6) is 0 Å². The fraction of sp³-hybridized carbons (Fsp3) is 0.258. The lowest BCUT2D eigenvalue weighted by Gasteiger charge is -2.30. The number of likely N-dealkylation sites (tertiary alicyclic amines) is 1. The Labute approximate surface area is 212 Å². The summed E-state index contributed by atoms with van der Waals surface area (Å²) in [5.74, 6) is 0. The zero-order valence-electron chi connectivity index (χ0n) is 19.9. The van der Waals surface area contributed by atoms with Gasteiger partial charge in [-0.1, -0.05) is 65.7 Å². The number of fused-ring (bicyclic) bond motifs is 3. The lowest BCUT2D eigenvalue weighted by Crippen LogP contribution is -2.34. The van der Waals surface area contributed by atoms with Gasteiger partial charge in [0.2, 0.25) is 0 Å². The number of aryl methyl sites for hydroxylation is 2. The molecule has 0 bridgehead atoms. The molecule has 0 atom stereocenters. The smallest absolute Gasteiger partial charge is 0.0737 e. The van der Waals surface area contributed by atoms with Gasteiger partial charge in [0, 0.05) is 48.5 Å². The van der Waals surface area contributed by atoms with Crippen LogP contribution in [0.1, 0.15) is 35.1 Å². The number of hydrogen-bond acceptors (Lipinski definition) is 3. The Balaban J connectivity index is 1.17. The van der Waals surface area contributed by atoms with Crippen molar-refractivity contribution >= 4 is 33.8 Å². The molecule has 2 aliphatic rings. The Kier molecular flexibility index (Phi) is 6.28. The zero-order valence-corrected chi connectivity index (χ0v) is 20.7. The van der Waals surface area contributed by atoms with Crippen LogP contribution in [0.2, 0.25) is 5.02 Å². The highest BCUT2D eigenvalue weighted by molar-refractivity contribution is 6.31. The molecule has 3 aromatic carbocycles. The lowest BCUT2D eigenvalue weighted by atomic mass is 9.86. The molecule has 0 spiro atoms. The van der Waals surface area contributed by atoms with Crippen LogP contribution >= 0.6 is 11.6 Å². The van der Waals surface area contributed by atoms with Gasteiger partial charge in [-0.25, -0.2) is 0 Å². The van der Waals surface area contributed by atoms with Gasteiger partial charge in [-0.2, -0.15) is 0 Å². The predicted octanol–water partition coefficient (Wildman–Crippen LogP) is 7.00. The first kappa shape index (κ1) is 22.3. The lowest BCUT2D eigenvalue weighted by molar-refractivity contribution is 0.266. The van der Waals surface area contributed by atoms with E-state index >= 15 is 0 Å². The second-order valence-corrected chi connectivity index (χ2v) is 10.0. The molecule has 6 rings (SSSR count). The number of aromatic nitrogens is 1. The molecule has 35 heavy (non-hydrogen) atoms. The first-order valence-corrected chi connectivity index (χ1v) is 13.0. The van der Waals surface area contributed by atoms with Gasteiger partial charge >= 0.3 is 0 Å². The number of nitrogens with one attached hydrogen (secondary N) is 1. The van der Waals surface area contributed by atoms with Crippen molar-refractivity contribution in [1.29, 1.82) is 0 Å². The van der Waals surface area contributed by atoms with E-state index in [2.05, 4.69) is 75.9 Å². The van der Waals surface area contributed by atoms with Crippen molar-refractivity contribution in [3.63, 3.8) is 0 Å². The predicted molar refractivity (Wildman–Crippen MR) is 147 cm³/mol. The van der Waals surface area contributed by atoms with Gasteiger partial charge in [-0.3, -0.25) is 4.98 Å². The third-order valence-electron chi connectivity index (χ3n) is 7.50. The number of nitrogens with zero attached hydrogens (tertiary/aromatic N) is 2. The summed E-state index contributed by atoms with van der Waals surface area (Å²) < 4.78 is 0. The van der Waals surface area contributed by atoms with Gasteiger partial charge in [0.25, 0.3) is 0 Å². The number of hydrogen-bond donors (Lipinski definition) is 1. The molecule has 2 heterocycles. The maximum atomic E-state index is 6.14. The maximum Gasteiger partial charge on any atom is 0.0737 e. The Morgan fingerprint density at radius 3 is 2.20 bits per heavy atom. The van der Waals surface area contributed by atoms with E-state index in [1.165, 1.54) is 27.8 Å². The van der Waals surface area contributed by atoms with Crippen LogP contribution < -0.4 is 5.32 Å². The Hall–Kier alpha value is -3.14. The van der Waals surface area contributed by atoms with Crippen LogP contribution in [-0.4, -0.2) is 36.1 Å².